The van der Waals surface area contributed by atoms with Crippen molar-refractivity contribution in [3.8, 4) is 0 Å². The van der Waals surface area contributed by atoms with E-state index in [0.717, 1.165) is 52.2 Å². The molecule has 24 heavy (non-hydrogen) atoms. The molecule has 0 atom stereocenters. The first kappa shape index (κ1) is 15.9. The van der Waals surface area contributed by atoms with Crippen LogP contribution in [0.25, 0.3) is 0 Å². The lowest BCUT2D eigenvalue weighted by molar-refractivity contribution is 0.145. The highest BCUT2D eigenvalue weighted by Crippen LogP contribution is 2.16. The van der Waals surface area contributed by atoms with E-state index in [1.165, 1.54) is 30.2 Å². The van der Waals surface area contributed by atoms with E-state index in [4.69, 9.17) is 9.40 Å². The number of piperazine rings is 1. The summed E-state index contributed by atoms with van der Waals surface area (Å²) in [7, 11) is 2.21. The van der Waals surface area contributed by atoms with Crippen molar-refractivity contribution in [3.05, 3.63) is 41.9 Å². The summed E-state index contributed by atoms with van der Waals surface area (Å²) in [5.41, 5.74) is 2.63. The van der Waals surface area contributed by atoms with Crippen molar-refractivity contribution in [2.75, 3.05) is 46.3 Å². The van der Waals surface area contributed by atoms with Gasteiger partial charge in [0.1, 0.15) is 5.82 Å². The number of imidazole rings is 1. The molecule has 0 amide bonds. The second-order valence-electron chi connectivity index (χ2n) is 7.05. The first-order chi connectivity index (χ1) is 11.8. The molecule has 0 spiro atoms. The van der Waals surface area contributed by atoms with E-state index in [0.29, 0.717) is 0 Å². The molecule has 0 aliphatic carbocycles. The molecule has 0 saturated carbocycles. The highest BCUT2D eigenvalue weighted by atomic mass is 16.3. The highest BCUT2D eigenvalue weighted by molar-refractivity contribution is 5.09. The average molecular weight is 329 g/mol. The molecule has 6 nitrogen and oxygen atoms in total. The first-order valence-corrected chi connectivity index (χ1v) is 8.95. The summed E-state index contributed by atoms with van der Waals surface area (Å²) in [6.45, 7) is 9.82. The van der Waals surface area contributed by atoms with Crippen LogP contribution in [0.15, 0.2) is 29.2 Å². The van der Waals surface area contributed by atoms with E-state index in [2.05, 4.69) is 38.6 Å². The fourth-order valence-electron chi connectivity index (χ4n) is 3.70. The zero-order valence-electron chi connectivity index (χ0n) is 14.5. The van der Waals surface area contributed by atoms with Gasteiger partial charge in [0.05, 0.1) is 18.2 Å². The van der Waals surface area contributed by atoms with Gasteiger partial charge >= 0.3 is 0 Å². The van der Waals surface area contributed by atoms with Crippen molar-refractivity contribution in [1.29, 1.82) is 0 Å². The van der Waals surface area contributed by atoms with Gasteiger partial charge < -0.3 is 13.9 Å². The molecule has 6 heteroatoms. The molecule has 0 radical (unpaired) electrons. The van der Waals surface area contributed by atoms with Gasteiger partial charge in [-0.25, -0.2) is 4.98 Å². The predicted octanol–water partition coefficient (Wildman–Crippen LogP) is 1.28. The lowest BCUT2D eigenvalue weighted by atomic mass is 10.3. The second kappa shape index (κ2) is 7.09. The fraction of sp³-hybridized carbons (Fsp3) is 0.611. The third-order valence-corrected chi connectivity index (χ3v) is 5.28. The van der Waals surface area contributed by atoms with E-state index in [9.17, 15) is 0 Å². The predicted molar refractivity (Wildman–Crippen MR) is 92.7 cm³/mol. The fourth-order valence-corrected chi connectivity index (χ4v) is 3.70. The minimum Gasteiger partial charge on any atom is -0.472 e. The standard InChI is InChI=1S/C18H27N5O/c1-20-5-7-22(8-6-20)14-17-12-19-18-2-4-21(9-10-23(17)18)13-16-3-11-24-15-16/h3,11-12,15H,2,4-10,13-14H2,1H3. The molecular weight excluding hydrogens is 302 g/mol. The Hall–Kier alpha value is -1.63. The molecule has 2 aliphatic heterocycles. The minimum atomic E-state index is 0.967. The molecule has 0 unspecified atom stereocenters. The number of furan rings is 1. The molecule has 2 aromatic heterocycles. The van der Waals surface area contributed by atoms with Crippen LogP contribution in [0.5, 0.6) is 0 Å². The number of aromatic nitrogens is 2. The van der Waals surface area contributed by atoms with Crippen molar-refractivity contribution in [3.63, 3.8) is 0 Å². The molecule has 0 N–H and O–H groups in total. The zero-order valence-corrected chi connectivity index (χ0v) is 14.5. The van der Waals surface area contributed by atoms with Gasteiger partial charge in [-0.2, -0.15) is 0 Å². The van der Waals surface area contributed by atoms with Crippen LogP contribution in [0.1, 0.15) is 17.1 Å². The summed E-state index contributed by atoms with van der Waals surface area (Å²) in [5, 5.41) is 0. The summed E-state index contributed by atoms with van der Waals surface area (Å²) < 4.78 is 7.64. The highest BCUT2D eigenvalue weighted by Gasteiger charge is 2.20. The number of hydrogen-bond acceptors (Lipinski definition) is 5. The molecule has 0 aromatic carbocycles. The molecule has 0 bridgehead atoms. The second-order valence-corrected chi connectivity index (χ2v) is 7.05. The van der Waals surface area contributed by atoms with Crippen molar-refractivity contribution in [1.82, 2.24) is 24.3 Å². The van der Waals surface area contributed by atoms with Gasteiger partial charge in [-0.3, -0.25) is 9.80 Å². The number of likely N-dealkylation sites (N-methyl/N-ethyl adjacent to an activating group) is 1. The monoisotopic (exact) mass is 329 g/mol. The van der Waals surface area contributed by atoms with Gasteiger partial charge in [0.15, 0.2) is 0 Å². The van der Waals surface area contributed by atoms with E-state index in [-0.39, 0.29) is 0 Å². The van der Waals surface area contributed by atoms with Gasteiger partial charge in [-0.05, 0) is 13.1 Å². The molecule has 4 rings (SSSR count). The maximum Gasteiger partial charge on any atom is 0.110 e. The van der Waals surface area contributed by atoms with Gasteiger partial charge in [0.2, 0.25) is 0 Å². The largest absolute Gasteiger partial charge is 0.472 e. The summed E-state index contributed by atoms with van der Waals surface area (Å²) >= 11 is 0. The summed E-state index contributed by atoms with van der Waals surface area (Å²) in [5.74, 6) is 1.24. The van der Waals surface area contributed by atoms with Crippen LogP contribution >= 0.6 is 0 Å². The summed E-state index contributed by atoms with van der Waals surface area (Å²) in [6, 6.07) is 2.06. The topological polar surface area (TPSA) is 40.7 Å². The normalized spacial score (nSPS) is 20.9. The number of nitrogens with zero attached hydrogens (tertiary/aromatic N) is 5. The number of rotatable bonds is 4. The molecular formula is C18H27N5O. The molecule has 130 valence electrons. The van der Waals surface area contributed by atoms with E-state index in [1.807, 2.05) is 6.26 Å². The van der Waals surface area contributed by atoms with Crippen LogP contribution in [0, 0.1) is 0 Å². The van der Waals surface area contributed by atoms with Crippen molar-refractivity contribution in [2.24, 2.45) is 0 Å². The Morgan fingerprint density at radius 2 is 1.79 bits per heavy atom. The Morgan fingerprint density at radius 3 is 2.58 bits per heavy atom. The Labute approximate surface area is 143 Å². The quantitative estimate of drug-likeness (QED) is 0.845. The Balaban J connectivity index is 1.38. The smallest absolute Gasteiger partial charge is 0.110 e. The van der Waals surface area contributed by atoms with Gasteiger partial charge in [0, 0.05) is 77.1 Å². The lowest BCUT2D eigenvalue weighted by Gasteiger charge is -2.32. The number of fused-ring (bicyclic) bond motifs is 1. The van der Waals surface area contributed by atoms with Gasteiger partial charge in [-0.1, -0.05) is 0 Å². The zero-order chi connectivity index (χ0) is 16.4. The van der Waals surface area contributed by atoms with E-state index in [1.54, 1.807) is 6.26 Å². The molecule has 2 aromatic rings. The van der Waals surface area contributed by atoms with Crippen LogP contribution in [0.3, 0.4) is 0 Å². The summed E-state index contributed by atoms with van der Waals surface area (Å²) in [4.78, 5) is 12.2. The van der Waals surface area contributed by atoms with Crippen molar-refractivity contribution in [2.45, 2.75) is 26.1 Å². The molecule has 1 fully saturated rings. The Bertz CT molecular complexity index is 642. The maximum absolute atomic E-state index is 5.19. The molecule has 1 saturated heterocycles. The lowest BCUT2D eigenvalue weighted by Crippen LogP contribution is -2.44. The summed E-state index contributed by atoms with van der Waals surface area (Å²) in [6.07, 6.45) is 6.73. The minimum absolute atomic E-state index is 0.967. The van der Waals surface area contributed by atoms with Crippen LogP contribution in [0.4, 0.5) is 0 Å². The van der Waals surface area contributed by atoms with Gasteiger partial charge in [0.25, 0.3) is 0 Å². The SMILES string of the molecule is CN1CCN(Cc2cnc3n2CCN(Cc2ccoc2)CC3)CC1. The van der Waals surface area contributed by atoms with Crippen molar-refractivity contribution < 1.29 is 4.42 Å². The third kappa shape index (κ3) is 3.55. The Morgan fingerprint density at radius 1 is 1.00 bits per heavy atom. The maximum atomic E-state index is 5.19. The molecule has 4 heterocycles. The van der Waals surface area contributed by atoms with E-state index >= 15 is 0 Å². The Kier molecular flexibility index (Phi) is 4.69. The first-order valence-electron chi connectivity index (χ1n) is 8.95. The van der Waals surface area contributed by atoms with E-state index < -0.39 is 0 Å². The molecule has 2 aliphatic rings. The average Bonchev–Trinajstić information content (AvgIpc) is 3.18. The van der Waals surface area contributed by atoms with Crippen molar-refractivity contribution >= 4 is 0 Å². The van der Waals surface area contributed by atoms with Gasteiger partial charge in [-0.15, -0.1) is 0 Å². The van der Waals surface area contributed by atoms with Crippen LogP contribution in [-0.4, -0.2) is 70.6 Å². The van der Waals surface area contributed by atoms with Crippen LogP contribution in [0.2, 0.25) is 0 Å². The third-order valence-electron chi connectivity index (χ3n) is 5.28. The van der Waals surface area contributed by atoms with Crippen LogP contribution in [-0.2, 0) is 26.1 Å². The number of hydrogen-bond donors (Lipinski definition) is 0. The van der Waals surface area contributed by atoms with Crippen LogP contribution < -0.4 is 0 Å².